The molecule has 0 fully saturated rings. The van der Waals surface area contributed by atoms with Crippen molar-refractivity contribution in [3.8, 4) is 17.1 Å². The van der Waals surface area contributed by atoms with Crippen LogP contribution in [0.5, 0.6) is 5.75 Å². The van der Waals surface area contributed by atoms with Crippen molar-refractivity contribution in [2.24, 2.45) is 0 Å². The van der Waals surface area contributed by atoms with Crippen LogP contribution < -0.4 is 10.1 Å². The molecule has 0 aliphatic rings. The Kier molecular flexibility index (Phi) is 5.86. The van der Waals surface area contributed by atoms with Crippen LogP contribution in [0, 0.1) is 0 Å². The van der Waals surface area contributed by atoms with Crippen molar-refractivity contribution in [3.05, 3.63) is 42.5 Å². The number of imidazole rings is 1. The molecule has 0 aliphatic carbocycles. The summed E-state index contributed by atoms with van der Waals surface area (Å²) in [6.07, 6.45) is 0.660. The first-order chi connectivity index (χ1) is 12.7. The van der Waals surface area contributed by atoms with Crippen LogP contribution in [-0.2, 0) is 4.79 Å². The maximum atomic E-state index is 10.7. The number of H-pyrrole nitrogens is 1. The number of aromatic amines is 1. The van der Waals surface area contributed by atoms with Crippen LogP contribution >= 0.6 is 0 Å². The Morgan fingerprint density at radius 3 is 2.62 bits per heavy atom. The second kappa shape index (κ2) is 8.49. The fourth-order valence-electron chi connectivity index (χ4n) is 2.89. The Morgan fingerprint density at radius 1 is 1.15 bits per heavy atom. The number of para-hydroxylation sites is 1. The van der Waals surface area contributed by atoms with Gasteiger partial charge in [0.25, 0.3) is 0 Å². The van der Waals surface area contributed by atoms with Gasteiger partial charge < -0.3 is 19.9 Å². The quantitative estimate of drug-likeness (QED) is 0.578. The van der Waals surface area contributed by atoms with Crippen molar-refractivity contribution in [2.75, 3.05) is 31.6 Å². The van der Waals surface area contributed by atoms with E-state index < -0.39 is 0 Å². The molecule has 3 aromatic rings. The van der Waals surface area contributed by atoms with Gasteiger partial charge in [0, 0.05) is 12.1 Å². The minimum atomic E-state index is 0.660. The number of benzene rings is 2. The SMILES string of the molecule is CCN(CC)CCOc1ccc(-c2nc3c(NC=O)cccc3[nH]2)cc1. The fraction of sp³-hybridized carbons (Fsp3) is 0.300. The predicted molar refractivity (Wildman–Crippen MR) is 104 cm³/mol. The monoisotopic (exact) mass is 352 g/mol. The molecule has 3 rings (SSSR count). The van der Waals surface area contributed by atoms with Crippen molar-refractivity contribution in [3.63, 3.8) is 0 Å². The largest absolute Gasteiger partial charge is 0.492 e. The lowest BCUT2D eigenvalue weighted by atomic mass is 10.2. The Labute approximate surface area is 153 Å². The Bertz CT molecular complexity index is 854. The van der Waals surface area contributed by atoms with Crippen LogP contribution in [0.2, 0.25) is 0 Å². The number of aromatic nitrogens is 2. The summed E-state index contributed by atoms with van der Waals surface area (Å²) in [6.45, 7) is 7.97. The summed E-state index contributed by atoms with van der Waals surface area (Å²) in [5, 5.41) is 2.68. The van der Waals surface area contributed by atoms with Gasteiger partial charge in [-0.1, -0.05) is 19.9 Å². The number of rotatable bonds is 9. The molecule has 1 amide bonds. The van der Waals surface area contributed by atoms with Gasteiger partial charge in [0.1, 0.15) is 23.7 Å². The zero-order valence-electron chi connectivity index (χ0n) is 15.2. The molecule has 6 heteroatoms. The van der Waals surface area contributed by atoms with Crippen LogP contribution in [-0.4, -0.2) is 47.5 Å². The summed E-state index contributed by atoms with van der Waals surface area (Å²) < 4.78 is 5.82. The molecule has 0 saturated carbocycles. The normalized spacial score (nSPS) is 11.0. The third kappa shape index (κ3) is 4.03. The molecule has 136 valence electrons. The van der Waals surface area contributed by atoms with E-state index in [1.54, 1.807) is 0 Å². The second-order valence-corrected chi connectivity index (χ2v) is 5.95. The Morgan fingerprint density at radius 2 is 1.92 bits per heavy atom. The zero-order valence-corrected chi connectivity index (χ0v) is 15.2. The van der Waals surface area contributed by atoms with E-state index in [0.717, 1.165) is 47.8 Å². The smallest absolute Gasteiger partial charge is 0.211 e. The van der Waals surface area contributed by atoms with E-state index in [4.69, 9.17) is 4.74 Å². The number of likely N-dealkylation sites (N-methyl/N-ethyl adjacent to an activating group) is 1. The molecule has 0 atom stereocenters. The molecule has 2 aromatic carbocycles. The average Bonchev–Trinajstić information content (AvgIpc) is 3.11. The van der Waals surface area contributed by atoms with Crippen LogP contribution in [0.1, 0.15) is 13.8 Å². The lowest BCUT2D eigenvalue weighted by molar-refractivity contribution is -0.105. The van der Waals surface area contributed by atoms with Crippen molar-refractivity contribution >= 4 is 23.1 Å². The Hall–Kier alpha value is -2.86. The maximum Gasteiger partial charge on any atom is 0.211 e. The number of hydrogen-bond donors (Lipinski definition) is 2. The lowest BCUT2D eigenvalue weighted by Crippen LogP contribution is -2.27. The first-order valence-corrected chi connectivity index (χ1v) is 8.89. The summed E-state index contributed by atoms with van der Waals surface area (Å²) in [7, 11) is 0. The predicted octanol–water partition coefficient (Wildman–Crippen LogP) is 3.52. The molecule has 26 heavy (non-hydrogen) atoms. The fourth-order valence-corrected chi connectivity index (χ4v) is 2.89. The number of amides is 1. The van der Waals surface area contributed by atoms with Crippen LogP contribution in [0.25, 0.3) is 22.4 Å². The highest BCUT2D eigenvalue weighted by Gasteiger charge is 2.09. The van der Waals surface area contributed by atoms with Gasteiger partial charge in [0.05, 0.1) is 11.2 Å². The van der Waals surface area contributed by atoms with Crippen LogP contribution in [0.15, 0.2) is 42.5 Å². The van der Waals surface area contributed by atoms with Gasteiger partial charge in [-0.15, -0.1) is 0 Å². The highest BCUT2D eigenvalue weighted by atomic mass is 16.5. The van der Waals surface area contributed by atoms with Gasteiger partial charge in [0.2, 0.25) is 6.41 Å². The maximum absolute atomic E-state index is 10.7. The molecule has 2 N–H and O–H groups in total. The highest BCUT2D eigenvalue weighted by molar-refractivity contribution is 5.94. The molecule has 1 heterocycles. The lowest BCUT2D eigenvalue weighted by Gasteiger charge is -2.18. The number of nitrogens with zero attached hydrogens (tertiary/aromatic N) is 2. The average molecular weight is 352 g/mol. The van der Waals surface area contributed by atoms with Crippen molar-refractivity contribution in [2.45, 2.75) is 13.8 Å². The molecular formula is C20H24N4O2. The summed E-state index contributed by atoms with van der Waals surface area (Å²) in [5.41, 5.74) is 3.28. The molecule has 0 spiro atoms. The topological polar surface area (TPSA) is 70.2 Å². The van der Waals surface area contributed by atoms with E-state index in [1.807, 2.05) is 42.5 Å². The van der Waals surface area contributed by atoms with E-state index >= 15 is 0 Å². The van der Waals surface area contributed by atoms with E-state index in [1.165, 1.54) is 0 Å². The van der Waals surface area contributed by atoms with Crippen molar-refractivity contribution in [1.29, 1.82) is 0 Å². The van der Waals surface area contributed by atoms with Crippen LogP contribution in [0.3, 0.4) is 0 Å². The number of nitrogens with one attached hydrogen (secondary N) is 2. The van der Waals surface area contributed by atoms with Gasteiger partial charge in [-0.05, 0) is 49.5 Å². The van der Waals surface area contributed by atoms with Gasteiger partial charge in [-0.3, -0.25) is 4.79 Å². The third-order valence-corrected chi connectivity index (χ3v) is 4.43. The number of carbonyl (C=O) groups is 1. The molecule has 6 nitrogen and oxygen atoms in total. The first-order valence-electron chi connectivity index (χ1n) is 8.89. The number of hydrogen-bond acceptors (Lipinski definition) is 4. The number of anilines is 1. The first kappa shape index (κ1) is 17.9. The molecule has 0 bridgehead atoms. The van der Waals surface area contributed by atoms with Gasteiger partial charge in [-0.2, -0.15) is 0 Å². The van der Waals surface area contributed by atoms with E-state index in [2.05, 4.69) is 34.0 Å². The Balaban J connectivity index is 1.71. The van der Waals surface area contributed by atoms with Crippen molar-refractivity contribution < 1.29 is 9.53 Å². The number of carbonyl (C=O) groups excluding carboxylic acids is 1. The van der Waals surface area contributed by atoms with Gasteiger partial charge in [0.15, 0.2) is 0 Å². The van der Waals surface area contributed by atoms with Crippen LogP contribution in [0.4, 0.5) is 5.69 Å². The zero-order chi connectivity index (χ0) is 18.4. The minimum Gasteiger partial charge on any atom is -0.492 e. The van der Waals surface area contributed by atoms with E-state index in [-0.39, 0.29) is 0 Å². The molecular weight excluding hydrogens is 328 g/mol. The second-order valence-electron chi connectivity index (χ2n) is 5.95. The van der Waals surface area contributed by atoms with Gasteiger partial charge in [-0.25, -0.2) is 4.98 Å². The number of ether oxygens (including phenoxy) is 1. The minimum absolute atomic E-state index is 0.660. The highest BCUT2D eigenvalue weighted by Crippen LogP contribution is 2.26. The summed E-state index contributed by atoms with van der Waals surface area (Å²) >= 11 is 0. The van der Waals surface area contributed by atoms with Crippen molar-refractivity contribution in [1.82, 2.24) is 14.9 Å². The molecule has 1 aromatic heterocycles. The van der Waals surface area contributed by atoms with E-state index in [0.29, 0.717) is 18.7 Å². The molecule has 0 saturated heterocycles. The summed E-state index contributed by atoms with van der Waals surface area (Å²) in [6, 6.07) is 13.5. The standard InChI is InChI=1S/C20H24N4O2/c1-3-24(4-2)12-13-26-16-10-8-15(9-11-16)20-22-18-7-5-6-17(21-14-25)19(18)23-20/h5-11,14H,3-4,12-13H2,1-2H3,(H,21,25)(H,22,23). The summed E-state index contributed by atoms with van der Waals surface area (Å²) in [4.78, 5) is 21.0. The molecule has 0 unspecified atom stereocenters. The molecule has 0 aliphatic heterocycles. The third-order valence-electron chi connectivity index (χ3n) is 4.43. The van der Waals surface area contributed by atoms with E-state index in [9.17, 15) is 4.79 Å². The van der Waals surface area contributed by atoms with Gasteiger partial charge >= 0.3 is 0 Å². The molecule has 0 radical (unpaired) electrons. The number of fused-ring (bicyclic) bond motifs is 1. The summed E-state index contributed by atoms with van der Waals surface area (Å²) in [5.74, 6) is 1.61.